The fourth-order valence-corrected chi connectivity index (χ4v) is 3.04. The molecule has 0 saturated heterocycles. The van der Waals surface area contributed by atoms with E-state index in [1.54, 1.807) is 26.4 Å². The first kappa shape index (κ1) is 21.6. The van der Waals surface area contributed by atoms with Crippen LogP contribution in [-0.2, 0) is 13.6 Å². The van der Waals surface area contributed by atoms with Crippen molar-refractivity contribution in [3.63, 3.8) is 0 Å². The van der Waals surface area contributed by atoms with Gasteiger partial charge in [-0.2, -0.15) is 0 Å². The molecule has 0 atom stereocenters. The number of rotatable bonds is 6. The zero-order chi connectivity index (χ0) is 23.5. The van der Waals surface area contributed by atoms with E-state index in [9.17, 15) is 14.0 Å². The van der Waals surface area contributed by atoms with E-state index in [0.717, 1.165) is 0 Å². The molecule has 0 aliphatic rings. The van der Waals surface area contributed by atoms with Crippen molar-refractivity contribution >= 4 is 17.5 Å². The molecule has 0 spiro atoms. The summed E-state index contributed by atoms with van der Waals surface area (Å²) in [4.78, 5) is 41.5. The molecule has 0 aromatic carbocycles. The van der Waals surface area contributed by atoms with Crippen molar-refractivity contribution in [1.82, 2.24) is 29.8 Å². The molecule has 0 bridgehead atoms. The van der Waals surface area contributed by atoms with Crippen LogP contribution >= 0.6 is 0 Å². The van der Waals surface area contributed by atoms with Gasteiger partial charge in [-0.05, 0) is 18.2 Å². The van der Waals surface area contributed by atoms with E-state index in [-0.39, 0.29) is 46.6 Å². The Hall–Kier alpha value is -4.61. The van der Waals surface area contributed by atoms with Gasteiger partial charge in [-0.1, -0.05) is 0 Å². The molecular weight excluding hydrogens is 431 g/mol. The summed E-state index contributed by atoms with van der Waals surface area (Å²) in [7, 11) is 3.23. The summed E-state index contributed by atoms with van der Waals surface area (Å²) in [5, 5.41) is 5.36. The predicted octanol–water partition coefficient (Wildman–Crippen LogP) is 1.59. The maximum absolute atomic E-state index is 14.1. The normalized spacial score (nSPS) is 10.8. The minimum absolute atomic E-state index is 0.0384. The van der Waals surface area contributed by atoms with Crippen molar-refractivity contribution in [3.05, 3.63) is 70.5 Å². The number of carbonyl (C=O) groups excluding carboxylic acids is 1. The van der Waals surface area contributed by atoms with Crippen molar-refractivity contribution in [2.45, 2.75) is 6.54 Å². The molecule has 0 aliphatic heterocycles. The Balaban J connectivity index is 1.72. The standard InChI is InChI=1S/C21H19FN8O3/c1-24-14-5-4-12(22)13(27-14)9-26-20(32)18-19(23)29-17(21-25-7-8-33-21)16(28-18)11-3-6-15(31)30(2)10-11/h3-8,10H,9H2,1-2H3,(H2,23,29)(H,24,27)(H,26,32). The third-order valence-electron chi connectivity index (χ3n) is 4.72. The smallest absolute Gasteiger partial charge is 0.274 e. The number of nitrogens with two attached hydrogens (primary N) is 1. The molecule has 168 valence electrons. The lowest BCUT2D eigenvalue weighted by atomic mass is 10.1. The topological polar surface area (TPSA) is 154 Å². The number of halogens is 1. The van der Waals surface area contributed by atoms with E-state index in [1.807, 2.05) is 0 Å². The first-order valence-electron chi connectivity index (χ1n) is 9.73. The van der Waals surface area contributed by atoms with E-state index in [0.29, 0.717) is 11.4 Å². The molecule has 4 N–H and O–H groups in total. The van der Waals surface area contributed by atoms with Gasteiger partial charge in [0, 0.05) is 31.9 Å². The molecule has 1 amide bonds. The molecular formula is C21H19FN8O3. The number of nitrogens with one attached hydrogen (secondary N) is 2. The van der Waals surface area contributed by atoms with Gasteiger partial charge < -0.3 is 25.4 Å². The maximum atomic E-state index is 14.1. The van der Waals surface area contributed by atoms with Gasteiger partial charge in [0.15, 0.2) is 17.2 Å². The molecule has 0 radical (unpaired) electrons. The molecule has 0 unspecified atom stereocenters. The van der Waals surface area contributed by atoms with Crippen LogP contribution in [0.4, 0.5) is 16.0 Å². The number of amides is 1. The highest BCUT2D eigenvalue weighted by Crippen LogP contribution is 2.29. The second kappa shape index (κ2) is 8.86. The summed E-state index contributed by atoms with van der Waals surface area (Å²) < 4.78 is 20.8. The molecule has 4 aromatic heterocycles. The number of anilines is 2. The summed E-state index contributed by atoms with van der Waals surface area (Å²) in [6.45, 7) is -0.196. The number of carbonyl (C=O) groups is 1. The van der Waals surface area contributed by atoms with Crippen molar-refractivity contribution in [2.24, 2.45) is 7.05 Å². The van der Waals surface area contributed by atoms with Gasteiger partial charge in [0.05, 0.1) is 18.4 Å². The van der Waals surface area contributed by atoms with Gasteiger partial charge in [-0.3, -0.25) is 9.59 Å². The molecule has 12 heteroatoms. The molecule has 11 nitrogen and oxygen atoms in total. The third kappa shape index (κ3) is 4.39. The molecule has 0 fully saturated rings. The Labute approximate surface area is 186 Å². The third-order valence-corrected chi connectivity index (χ3v) is 4.72. The first-order chi connectivity index (χ1) is 15.9. The fourth-order valence-electron chi connectivity index (χ4n) is 3.04. The van der Waals surface area contributed by atoms with Crippen LogP contribution in [0.25, 0.3) is 22.8 Å². The molecule has 4 rings (SSSR count). The van der Waals surface area contributed by atoms with Gasteiger partial charge >= 0.3 is 0 Å². The number of aromatic nitrogens is 5. The van der Waals surface area contributed by atoms with Crippen LogP contribution in [0.3, 0.4) is 0 Å². The molecule has 4 heterocycles. The minimum Gasteiger partial charge on any atom is -0.443 e. The molecule has 33 heavy (non-hydrogen) atoms. The second-order valence-electron chi connectivity index (χ2n) is 6.92. The van der Waals surface area contributed by atoms with Crippen molar-refractivity contribution in [2.75, 3.05) is 18.1 Å². The lowest BCUT2D eigenvalue weighted by Gasteiger charge is -2.12. The fraction of sp³-hybridized carbons (Fsp3) is 0.143. The van der Waals surface area contributed by atoms with E-state index >= 15 is 0 Å². The Morgan fingerprint density at radius 2 is 2.00 bits per heavy atom. The number of oxazole rings is 1. The monoisotopic (exact) mass is 450 g/mol. The lowest BCUT2D eigenvalue weighted by Crippen LogP contribution is -2.27. The van der Waals surface area contributed by atoms with E-state index < -0.39 is 11.7 Å². The summed E-state index contributed by atoms with van der Waals surface area (Å²) in [6.07, 6.45) is 4.33. The zero-order valence-electron chi connectivity index (χ0n) is 17.7. The highest BCUT2D eigenvalue weighted by Gasteiger charge is 2.22. The number of aryl methyl sites for hydroxylation is 1. The number of pyridine rings is 2. The Kier molecular flexibility index (Phi) is 5.81. The van der Waals surface area contributed by atoms with Gasteiger partial charge in [-0.15, -0.1) is 0 Å². The Morgan fingerprint density at radius 3 is 2.70 bits per heavy atom. The second-order valence-corrected chi connectivity index (χ2v) is 6.92. The van der Waals surface area contributed by atoms with E-state index in [2.05, 4.69) is 30.6 Å². The molecule has 0 saturated carbocycles. The lowest BCUT2D eigenvalue weighted by molar-refractivity contribution is 0.0946. The van der Waals surface area contributed by atoms with E-state index in [4.69, 9.17) is 10.2 Å². The number of hydrogen-bond acceptors (Lipinski definition) is 9. The van der Waals surface area contributed by atoms with Gasteiger partial charge in [-0.25, -0.2) is 24.3 Å². The average molecular weight is 450 g/mol. The van der Waals surface area contributed by atoms with Crippen LogP contribution in [0.5, 0.6) is 0 Å². The number of nitrogen functional groups attached to an aromatic ring is 1. The highest BCUT2D eigenvalue weighted by molar-refractivity contribution is 5.97. The predicted molar refractivity (Wildman–Crippen MR) is 118 cm³/mol. The summed E-state index contributed by atoms with van der Waals surface area (Å²) in [5.74, 6) is -0.835. The molecule has 0 aliphatic carbocycles. The van der Waals surface area contributed by atoms with Gasteiger partial charge in [0.1, 0.15) is 23.6 Å². The first-order valence-corrected chi connectivity index (χ1v) is 9.73. The van der Waals surface area contributed by atoms with Crippen LogP contribution in [0.1, 0.15) is 16.2 Å². The van der Waals surface area contributed by atoms with Gasteiger partial charge in [0.2, 0.25) is 11.4 Å². The SMILES string of the molecule is CNc1ccc(F)c(CNC(=O)c2nc(-c3ccc(=O)n(C)c3)c(-c3ncco3)nc2N)n1. The van der Waals surface area contributed by atoms with Crippen molar-refractivity contribution in [1.29, 1.82) is 0 Å². The van der Waals surface area contributed by atoms with Gasteiger partial charge in [0.25, 0.3) is 5.91 Å². The quantitative estimate of drug-likeness (QED) is 0.397. The average Bonchev–Trinajstić information content (AvgIpc) is 3.35. The van der Waals surface area contributed by atoms with Crippen LogP contribution in [0.2, 0.25) is 0 Å². The minimum atomic E-state index is -0.680. The van der Waals surface area contributed by atoms with Crippen LogP contribution in [-0.4, -0.2) is 37.5 Å². The molecule has 4 aromatic rings. The largest absolute Gasteiger partial charge is 0.443 e. The Bertz CT molecular complexity index is 1390. The summed E-state index contributed by atoms with van der Waals surface area (Å²) in [6, 6.07) is 5.62. The van der Waals surface area contributed by atoms with Crippen molar-refractivity contribution in [3.8, 4) is 22.8 Å². The van der Waals surface area contributed by atoms with Crippen molar-refractivity contribution < 1.29 is 13.6 Å². The van der Waals surface area contributed by atoms with Crippen LogP contribution in [0, 0.1) is 5.82 Å². The van der Waals surface area contributed by atoms with E-state index in [1.165, 1.54) is 35.2 Å². The Morgan fingerprint density at radius 1 is 1.18 bits per heavy atom. The van der Waals surface area contributed by atoms with Crippen LogP contribution < -0.4 is 21.9 Å². The number of nitrogens with zero attached hydrogens (tertiary/aromatic N) is 5. The zero-order valence-corrected chi connectivity index (χ0v) is 17.7. The number of hydrogen-bond donors (Lipinski definition) is 3. The van der Waals surface area contributed by atoms with Crippen LogP contribution in [0.15, 0.2) is 52.1 Å². The maximum Gasteiger partial charge on any atom is 0.274 e. The summed E-state index contributed by atoms with van der Waals surface area (Å²) in [5.41, 5.74) is 6.56. The summed E-state index contributed by atoms with van der Waals surface area (Å²) >= 11 is 0. The highest BCUT2D eigenvalue weighted by atomic mass is 19.1.